The Morgan fingerprint density at radius 3 is 2.58 bits per heavy atom. The zero-order valence-electron chi connectivity index (χ0n) is 18.4. The van der Waals surface area contributed by atoms with Crippen LogP contribution in [0.25, 0.3) is 6.08 Å². The molecule has 8 nitrogen and oxygen atoms in total. The summed E-state index contributed by atoms with van der Waals surface area (Å²) in [5.74, 6) is 0.437. The van der Waals surface area contributed by atoms with E-state index < -0.39 is 11.1 Å². The van der Waals surface area contributed by atoms with Crippen LogP contribution in [0.3, 0.4) is 0 Å². The topological polar surface area (TPSA) is 89.0 Å². The molecule has 3 heterocycles. The van der Waals surface area contributed by atoms with Crippen LogP contribution in [0.4, 0.5) is 4.79 Å². The Bertz CT molecular complexity index is 1070. The van der Waals surface area contributed by atoms with E-state index >= 15 is 0 Å². The highest BCUT2D eigenvalue weighted by molar-refractivity contribution is 8.18. The minimum absolute atomic E-state index is 0.185. The third-order valence-electron chi connectivity index (χ3n) is 5.50. The van der Waals surface area contributed by atoms with Gasteiger partial charge in [-0.15, -0.1) is 0 Å². The van der Waals surface area contributed by atoms with Crippen LogP contribution >= 0.6 is 11.8 Å². The molecule has 2 aliphatic rings. The summed E-state index contributed by atoms with van der Waals surface area (Å²) in [6.45, 7) is 1.51. The summed E-state index contributed by atoms with van der Waals surface area (Å²) in [6.07, 6.45) is 8.05. The Hall–Kier alpha value is -3.33. The lowest BCUT2D eigenvalue weighted by molar-refractivity contribution is -0.136. The molecule has 1 aromatic heterocycles. The van der Waals surface area contributed by atoms with Crippen LogP contribution in [-0.4, -0.2) is 58.6 Å². The van der Waals surface area contributed by atoms with E-state index in [1.54, 1.807) is 48.7 Å². The van der Waals surface area contributed by atoms with Gasteiger partial charge in [-0.25, -0.2) is 0 Å². The Kier molecular flexibility index (Phi) is 7.29. The molecule has 2 fully saturated rings. The number of likely N-dealkylation sites (tertiary alicyclic amines) is 1. The normalized spacial score (nSPS) is 17.5. The van der Waals surface area contributed by atoms with E-state index in [2.05, 4.69) is 4.98 Å². The van der Waals surface area contributed by atoms with Crippen LogP contribution in [0.5, 0.6) is 11.5 Å². The number of methoxy groups -OCH3 is 1. The lowest BCUT2D eigenvalue weighted by Gasteiger charge is -2.27. The molecule has 2 saturated heterocycles. The summed E-state index contributed by atoms with van der Waals surface area (Å²) in [5, 5.41) is -0.430. The molecule has 2 aliphatic heterocycles. The monoisotopic (exact) mass is 467 g/mol. The largest absolute Gasteiger partial charge is 0.493 e. The predicted molar refractivity (Wildman–Crippen MR) is 125 cm³/mol. The predicted octanol–water partition coefficient (Wildman–Crippen LogP) is 3.72. The van der Waals surface area contributed by atoms with Crippen LogP contribution in [0.2, 0.25) is 0 Å². The fourth-order valence-electron chi connectivity index (χ4n) is 3.70. The second-order valence-corrected chi connectivity index (χ2v) is 8.76. The lowest BCUT2D eigenvalue weighted by atomic mass is 10.1. The van der Waals surface area contributed by atoms with Gasteiger partial charge in [-0.3, -0.25) is 24.3 Å². The lowest BCUT2D eigenvalue weighted by Crippen LogP contribution is -2.44. The maximum atomic E-state index is 12.8. The first-order valence-corrected chi connectivity index (χ1v) is 11.6. The molecule has 0 atom stereocenters. The zero-order chi connectivity index (χ0) is 23.2. The number of imide groups is 1. The number of aromatic nitrogens is 1. The molecule has 0 radical (unpaired) electrons. The zero-order valence-corrected chi connectivity index (χ0v) is 19.2. The third-order valence-corrected chi connectivity index (χ3v) is 6.41. The molecular formula is C24H25N3O5S. The van der Waals surface area contributed by atoms with Crippen molar-refractivity contribution in [3.05, 3.63) is 58.8 Å². The van der Waals surface area contributed by atoms with Gasteiger partial charge in [0.15, 0.2) is 11.5 Å². The molecule has 0 spiro atoms. The van der Waals surface area contributed by atoms with Gasteiger partial charge in [0, 0.05) is 25.5 Å². The van der Waals surface area contributed by atoms with Gasteiger partial charge >= 0.3 is 0 Å². The van der Waals surface area contributed by atoms with E-state index in [0.717, 1.165) is 41.5 Å². The minimum atomic E-state index is -0.452. The molecule has 0 N–H and O–H groups in total. The fraction of sp³-hybridized carbons (Fsp3) is 0.333. The van der Waals surface area contributed by atoms with E-state index in [9.17, 15) is 14.4 Å². The second-order valence-electron chi connectivity index (χ2n) is 7.76. The first-order valence-electron chi connectivity index (χ1n) is 10.8. The number of nitrogens with zero attached hydrogens (tertiary/aromatic N) is 3. The molecule has 3 amide bonds. The Morgan fingerprint density at radius 1 is 1.09 bits per heavy atom. The molecule has 2 aromatic rings. The van der Waals surface area contributed by atoms with Gasteiger partial charge in [0.25, 0.3) is 11.1 Å². The van der Waals surface area contributed by atoms with Crippen molar-refractivity contribution >= 4 is 34.9 Å². The highest BCUT2D eigenvalue weighted by Crippen LogP contribution is 2.34. The Labute approximate surface area is 196 Å². The van der Waals surface area contributed by atoms with Gasteiger partial charge in [0.1, 0.15) is 13.2 Å². The number of hydrogen-bond donors (Lipinski definition) is 0. The van der Waals surface area contributed by atoms with Crippen LogP contribution in [0, 0.1) is 0 Å². The molecule has 9 heteroatoms. The standard InChI is InChI=1S/C24H25N3O5S/c1-31-20-13-18(5-6-19(20)32-16-17-7-9-25-10-8-17)14-21-23(29)27(24(30)33-21)15-22(28)26-11-3-2-4-12-26/h5-10,13-14H,2-4,11-12,15-16H2,1H3/b21-14-. The first-order chi connectivity index (χ1) is 16.0. The molecule has 0 unspecified atom stereocenters. The van der Waals surface area contributed by atoms with Gasteiger partial charge < -0.3 is 14.4 Å². The van der Waals surface area contributed by atoms with Crippen LogP contribution in [0.15, 0.2) is 47.6 Å². The SMILES string of the molecule is COc1cc(/C=C2\SC(=O)N(CC(=O)N3CCCCC3)C2=O)ccc1OCc1ccncc1. The fourth-order valence-corrected chi connectivity index (χ4v) is 4.54. The number of thioether (sulfide) groups is 1. The number of hydrogen-bond acceptors (Lipinski definition) is 7. The number of carbonyl (C=O) groups is 3. The van der Waals surface area contributed by atoms with Crippen molar-refractivity contribution in [2.75, 3.05) is 26.7 Å². The molecule has 0 bridgehead atoms. The van der Waals surface area contributed by atoms with Crippen molar-refractivity contribution in [1.82, 2.24) is 14.8 Å². The van der Waals surface area contributed by atoms with Crippen molar-refractivity contribution in [2.45, 2.75) is 25.9 Å². The summed E-state index contributed by atoms with van der Waals surface area (Å²) in [6, 6.07) is 9.03. The molecule has 33 heavy (non-hydrogen) atoms. The van der Waals surface area contributed by atoms with Crippen LogP contribution in [-0.2, 0) is 16.2 Å². The number of benzene rings is 1. The van der Waals surface area contributed by atoms with Gasteiger partial charge in [0.05, 0.1) is 12.0 Å². The summed E-state index contributed by atoms with van der Waals surface area (Å²) < 4.78 is 11.3. The second kappa shape index (κ2) is 10.5. The molecule has 0 saturated carbocycles. The smallest absolute Gasteiger partial charge is 0.294 e. The first kappa shape index (κ1) is 22.8. The Morgan fingerprint density at radius 2 is 1.85 bits per heavy atom. The number of rotatable bonds is 7. The number of ether oxygens (including phenoxy) is 2. The maximum absolute atomic E-state index is 12.8. The molecule has 172 valence electrons. The quantitative estimate of drug-likeness (QED) is 0.574. The van der Waals surface area contributed by atoms with E-state index in [-0.39, 0.29) is 17.4 Å². The van der Waals surface area contributed by atoms with Gasteiger partial charge in [-0.1, -0.05) is 6.07 Å². The van der Waals surface area contributed by atoms with Crippen LogP contribution < -0.4 is 9.47 Å². The average Bonchev–Trinajstić information content (AvgIpc) is 3.11. The van der Waals surface area contributed by atoms with Gasteiger partial charge in [0.2, 0.25) is 5.91 Å². The number of amides is 3. The molecule has 4 rings (SSSR count). The number of pyridine rings is 1. The van der Waals surface area contributed by atoms with Crippen molar-refractivity contribution in [2.24, 2.45) is 0 Å². The maximum Gasteiger partial charge on any atom is 0.294 e. The Balaban J connectivity index is 1.43. The van der Waals surface area contributed by atoms with Crippen molar-refractivity contribution in [3.63, 3.8) is 0 Å². The third kappa shape index (κ3) is 5.54. The van der Waals surface area contributed by atoms with Crippen molar-refractivity contribution in [1.29, 1.82) is 0 Å². The number of carbonyl (C=O) groups excluding carboxylic acids is 3. The number of piperidine rings is 1. The average molecular weight is 468 g/mol. The van der Waals surface area contributed by atoms with Crippen LogP contribution in [0.1, 0.15) is 30.4 Å². The van der Waals surface area contributed by atoms with Crippen molar-refractivity contribution < 1.29 is 23.9 Å². The van der Waals surface area contributed by atoms with Gasteiger partial charge in [-0.05, 0) is 72.5 Å². The highest BCUT2D eigenvalue weighted by atomic mass is 32.2. The summed E-state index contributed by atoms with van der Waals surface area (Å²) in [5.41, 5.74) is 1.67. The van der Waals surface area contributed by atoms with Gasteiger partial charge in [-0.2, -0.15) is 0 Å². The minimum Gasteiger partial charge on any atom is -0.493 e. The van der Waals surface area contributed by atoms with Crippen molar-refractivity contribution in [3.8, 4) is 11.5 Å². The summed E-state index contributed by atoms with van der Waals surface area (Å²) in [7, 11) is 1.54. The van der Waals surface area contributed by atoms with E-state index in [0.29, 0.717) is 36.8 Å². The van der Waals surface area contributed by atoms with E-state index in [4.69, 9.17) is 9.47 Å². The van der Waals surface area contributed by atoms with E-state index in [1.165, 1.54) is 0 Å². The molecule has 1 aromatic carbocycles. The highest BCUT2D eigenvalue weighted by Gasteiger charge is 2.37. The summed E-state index contributed by atoms with van der Waals surface area (Å²) in [4.78, 5) is 44.7. The van der Waals surface area contributed by atoms with E-state index in [1.807, 2.05) is 12.1 Å². The molecular weight excluding hydrogens is 442 g/mol. The molecule has 0 aliphatic carbocycles. The summed E-state index contributed by atoms with van der Waals surface area (Å²) >= 11 is 0.840.